The van der Waals surface area contributed by atoms with Crippen molar-refractivity contribution in [3.63, 3.8) is 0 Å². The van der Waals surface area contributed by atoms with Gasteiger partial charge < -0.3 is 19.9 Å². The molecule has 2 aromatic rings. The Morgan fingerprint density at radius 2 is 2.24 bits per heavy atom. The third kappa shape index (κ3) is 1.74. The molecule has 1 aliphatic heterocycles. The Labute approximate surface area is 118 Å². The Kier molecular flexibility index (Phi) is 2.91. The van der Waals surface area contributed by atoms with E-state index in [2.05, 4.69) is 15.0 Å². The fourth-order valence-electron chi connectivity index (χ4n) is 2.56. The second-order valence-corrected chi connectivity index (χ2v) is 5.44. The molecule has 0 unspecified atom stereocenters. The minimum absolute atomic E-state index is 0.0454. The summed E-state index contributed by atoms with van der Waals surface area (Å²) in [5, 5.41) is 19.6. The van der Waals surface area contributed by atoms with E-state index in [1.165, 1.54) is 31.1 Å². The first-order valence-corrected chi connectivity index (χ1v) is 6.38. The van der Waals surface area contributed by atoms with Gasteiger partial charge in [0.15, 0.2) is 23.1 Å². The first-order valence-electron chi connectivity index (χ1n) is 6.38. The van der Waals surface area contributed by atoms with Gasteiger partial charge in [-0.25, -0.2) is 14.4 Å². The Balaban J connectivity index is 2.15. The van der Waals surface area contributed by atoms with E-state index < -0.39 is 35.8 Å². The van der Waals surface area contributed by atoms with Gasteiger partial charge in [-0.15, -0.1) is 0 Å². The first kappa shape index (κ1) is 14.1. The van der Waals surface area contributed by atoms with Crippen LogP contribution >= 0.6 is 0 Å². The van der Waals surface area contributed by atoms with E-state index in [1.807, 2.05) is 0 Å². The van der Waals surface area contributed by atoms with Gasteiger partial charge in [-0.3, -0.25) is 9.36 Å². The Morgan fingerprint density at radius 3 is 2.86 bits per heavy atom. The lowest BCUT2D eigenvalue weighted by atomic mass is 9.85. The largest absolute Gasteiger partial charge is 0.394 e. The highest BCUT2D eigenvalue weighted by molar-refractivity contribution is 5.69. The predicted octanol–water partition coefficient (Wildman–Crippen LogP) is -0.511. The third-order valence-electron chi connectivity index (χ3n) is 4.16. The standard InChI is InChI=1S/C12H15FN4O4/c1-11(13)10(21-6(3-18)12(11,2)20)17-5-16-7-8(17)14-4-15-9(7)19/h4-6,10,18,20H,3H2,1-2H3,(H,14,15,19)/t6-,10+,11+,12-/m1/s1. The molecular weight excluding hydrogens is 283 g/mol. The van der Waals surface area contributed by atoms with E-state index >= 15 is 4.39 Å². The van der Waals surface area contributed by atoms with E-state index in [4.69, 9.17) is 4.74 Å². The van der Waals surface area contributed by atoms with E-state index in [-0.39, 0.29) is 11.2 Å². The molecule has 0 saturated carbocycles. The maximum Gasteiger partial charge on any atom is 0.278 e. The van der Waals surface area contributed by atoms with Crippen molar-refractivity contribution in [2.24, 2.45) is 0 Å². The number of alkyl halides is 1. The first-order chi connectivity index (χ1) is 9.80. The number of halogens is 1. The number of hydrogen-bond donors (Lipinski definition) is 3. The molecule has 4 atom stereocenters. The molecule has 3 heterocycles. The van der Waals surface area contributed by atoms with Crippen LogP contribution in [0.15, 0.2) is 17.4 Å². The number of imidazole rings is 1. The van der Waals surface area contributed by atoms with Crippen LogP contribution < -0.4 is 5.56 Å². The van der Waals surface area contributed by atoms with Gasteiger partial charge in [-0.05, 0) is 13.8 Å². The van der Waals surface area contributed by atoms with Crippen molar-refractivity contribution in [3.8, 4) is 0 Å². The number of nitrogens with one attached hydrogen (secondary N) is 1. The molecule has 1 fully saturated rings. The van der Waals surface area contributed by atoms with Crippen molar-refractivity contribution < 1.29 is 19.3 Å². The summed E-state index contributed by atoms with van der Waals surface area (Å²) in [7, 11) is 0. The van der Waals surface area contributed by atoms with E-state index in [1.54, 1.807) is 0 Å². The molecule has 9 heteroatoms. The lowest BCUT2D eigenvalue weighted by Gasteiger charge is -2.32. The molecule has 0 radical (unpaired) electrons. The SMILES string of the molecule is C[C@]1(F)[C@@H](n2cnc3c(=O)[nH]cnc32)O[C@H](CO)[C@@]1(C)O. The zero-order chi connectivity index (χ0) is 15.4. The topological polar surface area (TPSA) is 113 Å². The number of rotatable bonds is 2. The van der Waals surface area contributed by atoms with Crippen LogP contribution in [0, 0.1) is 0 Å². The fourth-order valence-corrected chi connectivity index (χ4v) is 2.56. The molecule has 1 aliphatic rings. The molecule has 0 aliphatic carbocycles. The maximum absolute atomic E-state index is 15.0. The van der Waals surface area contributed by atoms with Gasteiger partial charge in [0.25, 0.3) is 5.56 Å². The molecule has 0 aromatic carbocycles. The van der Waals surface area contributed by atoms with Crippen LogP contribution in [0.5, 0.6) is 0 Å². The van der Waals surface area contributed by atoms with Gasteiger partial charge in [-0.2, -0.15) is 0 Å². The molecule has 2 aromatic heterocycles. The summed E-state index contributed by atoms with van der Waals surface area (Å²) in [6, 6.07) is 0. The number of aromatic amines is 1. The zero-order valence-corrected chi connectivity index (χ0v) is 11.4. The minimum Gasteiger partial charge on any atom is -0.394 e. The van der Waals surface area contributed by atoms with Gasteiger partial charge in [0.05, 0.1) is 19.3 Å². The van der Waals surface area contributed by atoms with Crippen LogP contribution in [0.2, 0.25) is 0 Å². The summed E-state index contributed by atoms with van der Waals surface area (Å²) in [6.07, 6.45) is 0.0428. The zero-order valence-electron chi connectivity index (χ0n) is 11.4. The quantitative estimate of drug-likeness (QED) is 0.688. The number of aliphatic hydroxyl groups excluding tert-OH is 1. The van der Waals surface area contributed by atoms with Gasteiger partial charge in [-0.1, -0.05) is 0 Å². The molecule has 0 spiro atoms. The summed E-state index contributed by atoms with van der Waals surface area (Å²) in [4.78, 5) is 21.8. The van der Waals surface area contributed by atoms with Crippen LogP contribution in [0.4, 0.5) is 4.39 Å². The van der Waals surface area contributed by atoms with Gasteiger partial charge in [0, 0.05) is 0 Å². The number of nitrogens with zero attached hydrogens (tertiary/aromatic N) is 3. The van der Waals surface area contributed by atoms with Gasteiger partial charge in [0.1, 0.15) is 11.7 Å². The molecule has 8 nitrogen and oxygen atoms in total. The van der Waals surface area contributed by atoms with Crippen molar-refractivity contribution >= 4 is 11.2 Å². The monoisotopic (exact) mass is 298 g/mol. The van der Waals surface area contributed by atoms with Crippen molar-refractivity contribution in [3.05, 3.63) is 23.0 Å². The molecule has 3 N–H and O–H groups in total. The second kappa shape index (κ2) is 4.33. The van der Waals surface area contributed by atoms with Crippen molar-refractivity contribution in [1.29, 1.82) is 0 Å². The molecule has 1 saturated heterocycles. The summed E-state index contributed by atoms with van der Waals surface area (Å²) in [5.41, 5.74) is -4.38. The van der Waals surface area contributed by atoms with Crippen molar-refractivity contribution in [2.75, 3.05) is 6.61 Å². The highest BCUT2D eigenvalue weighted by Crippen LogP contribution is 2.48. The minimum atomic E-state index is -2.21. The van der Waals surface area contributed by atoms with Crippen molar-refractivity contribution in [1.82, 2.24) is 19.5 Å². The van der Waals surface area contributed by atoms with Gasteiger partial charge in [0.2, 0.25) is 0 Å². The number of ether oxygens (including phenoxy) is 1. The Morgan fingerprint density at radius 1 is 1.52 bits per heavy atom. The van der Waals surface area contributed by atoms with Crippen LogP contribution in [0.1, 0.15) is 20.1 Å². The average molecular weight is 298 g/mol. The normalized spacial score (nSPS) is 36.4. The summed E-state index contributed by atoms with van der Waals surface area (Å²) in [5.74, 6) is 0. The van der Waals surface area contributed by atoms with Gasteiger partial charge >= 0.3 is 0 Å². The second-order valence-electron chi connectivity index (χ2n) is 5.44. The number of aliphatic hydroxyl groups is 2. The third-order valence-corrected chi connectivity index (χ3v) is 4.16. The maximum atomic E-state index is 15.0. The summed E-state index contributed by atoms with van der Waals surface area (Å²) >= 11 is 0. The Bertz CT molecular complexity index is 738. The predicted molar refractivity (Wildman–Crippen MR) is 69.3 cm³/mol. The summed E-state index contributed by atoms with van der Waals surface area (Å²) < 4.78 is 21.7. The molecule has 114 valence electrons. The van der Waals surface area contributed by atoms with E-state index in [9.17, 15) is 15.0 Å². The van der Waals surface area contributed by atoms with Crippen LogP contribution in [-0.2, 0) is 4.74 Å². The molecule has 21 heavy (non-hydrogen) atoms. The Hall–Kier alpha value is -1.84. The lowest BCUT2D eigenvalue weighted by Crippen LogP contribution is -2.51. The molecule has 3 rings (SSSR count). The fraction of sp³-hybridized carbons (Fsp3) is 0.583. The highest BCUT2D eigenvalue weighted by Gasteiger charge is 2.63. The number of hydrogen-bond acceptors (Lipinski definition) is 6. The molecular formula is C12H15FN4O4. The summed E-state index contributed by atoms with van der Waals surface area (Å²) in [6.45, 7) is 1.89. The molecule has 0 amide bonds. The van der Waals surface area contributed by atoms with Crippen LogP contribution in [0.3, 0.4) is 0 Å². The average Bonchev–Trinajstić information content (AvgIpc) is 2.90. The number of aromatic nitrogens is 4. The molecule has 0 bridgehead atoms. The van der Waals surface area contributed by atoms with Crippen molar-refractivity contribution in [2.45, 2.75) is 37.4 Å². The number of fused-ring (bicyclic) bond motifs is 1. The van der Waals surface area contributed by atoms with Crippen LogP contribution in [0.25, 0.3) is 11.2 Å². The number of H-pyrrole nitrogens is 1. The highest BCUT2D eigenvalue weighted by atomic mass is 19.1. The van der Waals surface area contributed by atoms with E-state index in [0.717, 1.165) is 0 Å². The van der Waals surface area contributed by atoms with Crippen LogP contribution in [-0.4, -0.2) is 53.7 Å². The van der Waals surface area contributed by atoms with E-state index in [0.29, 0.717) is 0 Å². The smallest absolute Gasteiger partial charge is 0.278 e. The lowest BCUT2D eigenvalue weighted by molar-refractivity contribution is -0.0891.